The molecule has 4 rings (SSSR count). The van der Waals surface area contributed by atoms with Gasteiger partial charge in [0.05, 0.1) is 6.04 Å². The van der Waals surface area contributed by atoms with Gasteiger partial charge in [0.2, 0.25) is 5.91 Å². The highest BCUT2D eigenvalue weighted by Crippen LogP contribution is 2.34. The number of hydrogen-bond acceptors (Lipinski definition) is 4. The highest BCUT2D eigenvalue weighted by molar-refractivity contribution is 6.07. The van der Waals surface area contributed by atoms with Crippen molar-refractivity contribution in [2.24, 2.45) is 5.92 Å². The van der Waals surface area contributed by atoms with Crippen LogP contribution in [0, 0.1) is 5.92 Å². The number of nitrogens with one attached hydrogen (secondary N) is 1. The van der Waals surface area contributed by atoms with E-state index >= 15 is 0 Å². The molecule has 0 unspecified atom stereocenters. The van der Waals surface area contributed by atoms with Gasteiger partial charge in [-0.15, -0.1) is 0 Å². The van der Waals surface area contributed by atoms with Crippen LogP contribution in [0.4, 0.5) is 4.79 Å². The predicted molar refractivity (Wildman–Crippen MR) is 101 cm³/mol. The minimum Gasteiger partial charge on any atom is -0.340 e. The van der Waals surface area contributed by atoms with Gasteiger partial charge in [0, 0.05) is 38.1 Å². The lowest BCUT2D eigenvalue weighted by molar-refractivity contribution is -0.143. The summed E-state index contributed by atoms with van der Waals surface area (Å²) in [5, 5.41) is 3.02. The molecule has 3 saturated heterocycles. The average Bonchev–Trinajstić information content (AvgIpc) is 2.84. The van der Waals surface area contributed by atoms with Crippen LogP contribution < -0.4 is 5.32 Å². The first kappa shape index (κ1) is 18.7. The normalized spacial score (nSPS) is 29.4. The van der Waals surface area contributed by atoms with E-state index in [0.29, 0.717) is 25.4 Å². The number of piperidine rings is 2. The van der Waals surface area contributed by atoms with Crippen molar-refractivity contribution in [3.05, 3.63) is 0 Å². The monoisotopic (exact) mass is 376 g/mol. The van der Waals surface area contributed by atoms with Crippen LogP contribution in [0.3, 0.4) is 0 Å². The molecule has 0 aromatic heterocycles. The van der Waals surface area contributed by atoms with Crippen LogP contribution >= 0.6 is 0 Å². The van der Waals surface area contributed by atoms with Crippen molar-refractivity contribution in [3.63, 3.8) is 0 Å². The Labute approximate surface area is 161 Å². The summed E-state index contributed by atoms with van der Waals surface area (Å²) < 4.78 is 0. The van der Waals surface area contributed by atoms with E-state index in [9.17, 15) is 14.4 Å². The van der Waals surface area contributed by atoms with Crippen molar-refractivity contribution in [2.75, 3.05) is 26.2 Å². The average molecular weight is 377 g/mol. The maximum atomic E-state index is 13.3. The number of nitrogens with zero attached hydrogens (tertiary/aromatic N) is 3. The van der Waals surface area contributed by atoms with Gasteiger partial charge in [0.25, 0.3) is 5.91 Å². The SMILES string of the molecule is CC(C)N1CCC2(CC1)NC(=O)N([C@@H]1CCCN(C(=O)C3CCC3)C1)C2=O. The molecule has 7 heteroatoms. The van der Waals surface area contributed by atoms with E-state index in [-0.39, 0.29) is 29.8 Å². The Balaban J connectivity index is 1.43. The summed E-state index contributed by atoms with van der Waals surface area (Å²) in [6, 6.07) is 0.00815. The second kappa shape index (κ2) is 7.08. The fourth-order valence-electron chi connectivity index (χ4n) is 5.01. The summed E-state index contributed by atoms with van der Waals surface area (Å²) in [7, 11) is 0. The fourth-order valence-corrected chi connectivity index (χ4v) is 5.01. The molecular weight excluding hydrogens is 344 g/mol. The lowest BCUT2D eigenvalue weighted by Gasteiger charge is -2.41. The molecule has 4 fully saturated rings. The molecule has 1 N–H and O–H groups in total. The van der Waals surface area contributed by atoms with E-state index in [2.05, 4.69) is 24.1 Å². The van der Waals surface area contributed by atoms with Crippen molar-refractivity contribution in [3.8, 4) is 0 Å². The third-order valence-corrected chi connectivity index (χ3v) is 7.10. The molecule has 150 valence electrons. The smallest absolute Gasteiger partial charge is 0.325 e. The summed E-state index contributed by atoms with van der Waals surface area (Å²) in [6.45, 7) is 7.24. The maximum absolute atomic E-state index is 13.3. The molecule has 0 aromatic carbocycles. The molecule has 0 aromatic rings. The van der Waals surface area contributed by atoms with Crippen LogP contribution in [0.2, 0.25) is 0 Å². The summed E-state index contributed by atoms with van der Waals surface area (Å²) in [5.74, 6) is 0.315. The second-order valence-corrected chi connectivity index (χ2v) is 9.03. The summed E-state index contributed by atoms with van der Waals surface area (Å²) >= 11 is 0. The third kappa shape index (κ3) is 3.24. The van der Waals surface area contributed by atoms with E-state index in [1.807, 2.05) is 4.90 Å². The van der Waals surface area contributed by atoms with Crippen molar-refractivity contribution in [1.82, 2.24) is 20.0 Å². The second-order valence-electron chi connectivity index (χ2n) is 9.03. The molecule has 0 radical (unpaired) electrons. The van der Waals surface area contributed by atoms with Crippen LogP contribution in [-0.4, -0.2) is 76.3 Å². The number of urea groups is 1. The number of carbonyl (C=O) groups is 3. The van der Waals surface area contributed by atoms with Crippen LogP contribution in [0.1, 0.15) is 58.8 Å². The number of likely N-dealkylation sites (tertiary alicyclic amines) is 2. The lowest BCUT2D eigenvalue weighted by atomic mass is 9.83. The van der Waals surface area contributed by atoms with Gasteiger partial charge < -0.3 is 15.1 Å². The van der Waals surface area contributed by atoms with Gasteiger partial charge in [-0.25, -0.2) is 4.79 Å². The highest BCUT2D eigenvalue weighted by atomic mass is 16.2. The molecule has 1 saturated carbocycles. The number of rotatable bonds is 3. The summed E-state index contributed by atoms with van der Waals surface area (Å²) in [5.41, 5.74) is -0.733. The third-order valence-electron chi connectivity index (χ3n) is 7.10. The summed E-state index contributed by atoms with van der Waals surface area (Å²) in [4.78, 5) is 44.3. The first-order valence-electron chi connectivity index (χ1n) is 10.6. The van der Waals surface area contributed by atoms with Crippen molar-refractivity contribution in [1.29, 1.82) is 0 Å². The van der Waals surface area contributed by atoms with E-state index in [1.54, 1.807) is 0 Å². The van der Waals surface area contributed by atoms with Gasteiger partial charge in [-0.2, -0.15) is 0 Å². The number of hydrogen-bond donors (Lipinski definition) is 1. The number of amides is 4. The zero-order valence-electron chi connectivity index (χ0n) is 16.6. The minimum absolute atomic E-state index is 0.0705. The van der Waals surface area contributed by atoms with Gasteiger partial charge in [-0.1, -0.05) is 6.42 Å². The predicted octanol–water partition coefficient (Wildman–Crippen LogP) is 1.57. The Morgan fingerprint density at radius 3 is 2.37 bits per heavy atom. The Hall–Kier alpha value is -1.63. The molecule has 0 bridgehead atoms. The quantitative estimate of drug-likeness (QED) is 0.759. The zero-order valence-corrected chi connectivity index (χ0v) is 16.6. The molecule has 1 atom stereocenters. The Morgan fingerprint density at radius 2 is 1.78 bits per heavy atom. The maximum Gasteiger partial charge on any atom is 0.325 e. The van der Waals surface area contributed by atoms with Gasteiger partial charge in [-0.05, 0) is 52.4 Å². The first-order valence-corrected chi connectivity index (χ1v) is 10.6. The molecule has 4 aliphatic rings. The topological polar surface area (TPSA) is 73.0 Å². The van der Waals surface area contributed by atoms with E-state index < -0.39 is 5.54 Å². The van der Waals surface area contributed by atoms with Gasteiger partial charge in [0.1, 0.15) is 5.54 Å². The van der Waals surface area contributed by atoms with Crippen LogP contribution in [-0.2, 0) is 9.59 Å². The van der Waals surface area contributed by atoms with Crippen LogP contribution in [0.5, 0.6) is 0 Å². The van der Waals surface area contributed by atoms with Crippen LogP contribution in [0.15, 0.2) is 0 Å². The van der Waals surface area contributed by atoms with E-state index in [0.717, 1.165) is 51.7 Å². The van der Waals surface area contributed by atoms with Gasteiger partial charge in [0.15, 0.2) is 0 Å². The highest BCUT2D eigenvalue weighted by Gasteiger charge is 2.54. The number of carbonyl (C=O) groups excluding carboxylic acids is 3. The summed E-state index contributed by atoms with van der Waals surface area (Å²) in [6.07, 6.45) is 6.09. The minimum atomic E-state index is -0.733. The van der Waals surface area contributed by atoms with Crippen molar-refractivity contribution < 1.29 is 14.4 Å². The van der Waals surface area contributed by atoms with Crippen LogP contribution in [0.25, 0.3) is 0 Å². The molecule has 3 heterocycles. The van der Waals surface area contributed by atoms with Crippen molar-refractivity contribution >= 4 is 17.8 Å². The molecule has 7 nitrogen and oxygen atoms in total. The molecule has 27 heavy (non-hydrogen) atoms. The van der Waals surface area contributed by atoms with E-state index in [1.165, 1.54) is 4.90 Å². The lowest BCUT2D eigenvalue weighted by Crippen LogP contribution is -2.57. The standard InChI is InChI=1S/C20H32N4O3/c1-14(2)22-11-8-20(9-12-22)18(26)24(19(27)21-20)16-7-4-10-23(13-16)17(25)15-5-3-6-15/h14-16H,3-13H2,1-2H3,(H,21,27)/t16-/m1/s1. The molecular formula is C20H32N4O3. The number of imide groups is 1. The van der Waals surface area contributed by atoms with Crippen molar-refractivity contribution in [2.45, 2.75) is 76.4 Å². The molecule has 3 aliphatic heterocycles. The molecule has 4 amide bonds. The Kier molecular flexibility index (Phi) is 4.91. The Morgan fingerprint density at radius 1 is 1.07 bits per heavy atom. The van der Waals surface area contributed by atoms with Gasteiger partial charge in [-0.3, -0.25) is 14.5 Å². The zero-order chi connectivity index (χ0) is 19.2. The van der Waals surface area contributed by atoms with Gasteiger partial charge >= 0.3 is 6.03 Å². The fraction of sp³-hybridized carbons (Fsp3) is 0.850. The molecule has 1 aliphatic carbocycles. The van der Waals surface area contributed by atoms with E-state index in [4.69, 9.17) is 0 Å². The first-order chi connectivity index (χ1) is 12.9. The largest absolute Gasteiger partial charge is 0.340 e. The molecule has 1 spiro atoms. The Bertz CT molecular complexity index is 623.